The Hall–Kier alpha value is -5.46. The highest BCUT2D eigenvalue weighted by Crippen LogP contribution is 2.67. The number of benzene rings is 5. The van der Waals surface area contributed by atoms with Crippen LogP contribution in [0.1, 0.15) is 133 Å². The molecule has 0 nitrogen and oxygen atoms in total. The molecule has 0 heterocycles. The fourth-order valence-corrected chi connectivity index (χ4v) is 12.3. The molecule has 6 aliphatic carbocycles. The zero-order valence-corrected chi connectivity index (χ0v) is 34.9. The second-order valence-corrected chi connectivity index (χ2v) is 16.6. The van der Waals surface area contributed by atoms with Gasteiger partial charge in [-0.1, -0.05) is 173 Å². The molecular formula is C56H54. The Morgan fingerprint density at radius 2 is 0.482 bits per heavy atom. The van der Waals surface area contributed by atoms with Gasteiger partial charge < -0.3 is 0 Å². The van der Waals surface area contributed by atoms with Crippen molar-refractivity contribution in [1.29, 1.82) is 0 Å². The Kier molecular flexibility index (Phi) is 8.09. The van der Waals surface area contributed by atoms with Gasteiger partial charge in [0.25, 0.3) is 0 Å². The summed E-state index contributed by atoms with van der Waals surface area (Å²) in [7, 11) is 0. The van der Waals surface area contributed by atoms with Crippen molar-refractivity contribution in [3.05, 3.63) is 222 Å². The molecule has 278 valence electrons. The average molecular weight is 727 g/mol. The van der Waals surface area contributed by atoms with Crippen LogP contribution in [-0.4, -0.2) is 0 Å². The van der Waals surface area contributed by atoms with Crippen molar-refractivity contribution in [1.82, 2.24) is 0 Å². The summed E-state index contributed by atoms with van der Waals surface area (Å²) in [5, 5.41) is 0. The first-order chi connectivity index (χ1) is 27.2. The highest BCUT2D eigenvalue weighted by atomic mass is 14.6. The van der Waals surface area contributed by atoms with E-state index in [4.69, 9.17) is 0 Å². The minimum atomic E-state index is -0.341. The molecular weight excluding hydrogens is 673 g/mol. The van der Waals surface area contributed by atoms with Crippen LogP contribution in [0, 0.1) is 13.8 Å². The van der Waals surface area contributed by atoms with Gasteiger partial charge in [0.15, 0.2) is 0 Å². The van der Waals surface area contributed by atoms with Crippen molar-refractivity contribution in [2.24, 2.45) is 0 Å². The maximum Gasteiger partial charge on any atom is 0.0438 e. The van der Waals surface area contributed by atoms with Gasteiger partial charge in [0, 0.05) is 21.7 Å². The molecule has 0 saturated heterocycles. The first-order valence-corrected chi connectivity index (χ1v) is 21.0. The van der Waals surface area contributed by atoms with E-state index in [1.54, 1.807) is 0 Å². The molecule has 0 N–H and O–H groups in total. The van der Waals surface area contributed by atoms with Gasteiger partial charge in [0.05, 0.1) is 0 Å². The first-order valence-electron chi connectivity index (χ1n) is 21.0. The van der Waals surface area contributed by atoms with Gasteiger partial charge in [0.2, 0.25) is 0 Å². The van der Waals surface area contributed by atoms with Crippen LogP contribution in [0.4, 0.5) is 0 Å². The van der Waals surface area contributed by atoms with E-state index >= 15 is 0 Å². The Labute approximate surface area is 335 Å². The highest BCUT2D eigenvalue weighted by Gasteiger charge is 2.58. The maximum absolute atomic E-state index is 2.53. The van der Waals surface area contributed by atoms with Crippen LogP contribution >= 0.6 is 0 Å². The van der Waals surface area contributed by atoms with Crippen molar-refractivity contribution in [3.63, 3.8) is 0 Å². The number of allylic oxidation sites excluding steroid dienone is 8. The molecule has 5 aromatic carbocycles. The lowest BCUT2D eigenvalue weighted by molar-refractivity contribution is 0.524. The van der Waals surface area contributed by atoms with Crippen LogP contribution in [0.5, 0.6) is 0 Å². The summed E-state index contributed by atoms with van der Waals surface area (Å²) in [6.07, 6.45) is 19.3. The summed E-state index contributed by atoms with van der Waals surface area (Å²) < 4.78 is 0. The zero-order chi connectivity index (χ0) is 39.4. The molecule has 56 heavy (non-hydrogen) atoms. The molecule has 0 heteroatoms. The smallest absolute Gasteiger partial charge is 0.0438 e. The molecule has 6 aliphatic rings. The molecule has 4 unspecified atom stereocenters. The van der Waals surface area contributed by atoms with E-state index in [1.807, 2.05) is 27.7 Å². The van der Waals surface area contributed by atoms with Crippen LogP contribution in [-0.2, 0) is 21.7 Å². The third kappa shape index (κ3) is 4.15. The summed E-state index contributed by atoms with van der Waals surface area (Å²) in [6.45, 7) is 23.1. The van der Waals surface area contributed by atoms with Gasteiger partial charge in [0.1, 0.15) is 0 Å². The third-order valence-electron chi connectivity index (χ3n) is 14.5. The molecule has 5 aromatic rings. The largest absolute Gasteiger partial charge is 0.0683 e. The SMILES string of the molecule is CC.CC.Cc1c2c(c(C)c3c1C1(C)C(=C4C=Cc5ccccc5C43C)C=Cc3ccccc31)C1(C)C(=C3C=Cc4ccccc4C32C)C=Cc2ccccc21. The highest BCUT2D eigenvalue weighted by molar-refractivity contribution is 5.88. The monoisotopic (exact) mass is 726 g/mol. The van der Waals surface area contributed by atoms with Gasteiger partial charge in [-0.15, -0.1) is 0 Å². The van der Waals surface area contributed by atoms with Crippen LogP contribution < -0.4 is 0 Å². The molecule has 0 bridgehead atoms. The Morgan fingerprint density at radius 1 is 0.286 bits per heavy atom. The molecule has 4 atom stereocenters. The fourth-order valence-electron chi connectivity index (χ4n) is 12.3. The standard InChI is InChI=1S/C52H42.2C2H6/c1-31-45-47(51(5)39-21-13-9-17-35(39)25-29-43(51)41-27-23-33-15-7-11-19-37(33)49(41,45)3)32(2)48-46(31)50(4)38-20-12-8-16-34(38)24-28-42(50)44-30-26-36-18-10-14-22-40(36)52(44,48)6;2*1-2/h7-30H,1-6H3;2*1-2H3. The number of hydrogen-bond acceptors (Lipinski definition) is 0. The molecule has 11 rings (SSSR count). The normalized spacial score (nSPS) is 25.9. The van der Waals surface area contributed by atoms with E-state index in [0.717, 1.165) is 0 Å². The molecule has 0 amide bonds. The van der Waals surface area contributed by atoms with Crippen LogP contribution in [0.3, 0.4) is 0 Å². The number of hydrogen-bond donors (Lipinski definition) is 0. The predicted octanol–water partition coefficient (Wildman–Crippen LogP) is 14.3. The molecule has 0 aliphatic heterocycles. The summed E-state index contributed by atoms with van der Waals surface area (Å²) in [6, 6.07) is 36.6. The second-order valence-electron chi connectivity index (χ2n) is 16.6. The topological polar surface area (TPSA) is 0 Å². The van der Waals surface area contributed by atoms with Crippen molar-refractivity contribution in [3.8, 4) is 0 Å². The van der Waals surface area contributed by atoms with Crippen LogP contribution in [0.15, 0.2) is 144 Å². The van der Waals surface area contributed by atoms with Gasteiger partial charge in [-0.2, -0.15) is 0 Å². The first kappa shape index (κ1) is 36.2. The maximum atomic E-state index is 2.53. The lowest BCUT2D eigenvalue weighted by Crippen LogP contribution is -2.49. The minimum Gasteiger partial charge on any atom is -0.0683 e. The fraction of sp³-hybridized carbons (Fsp3) is 0.250. The van der Waals surface area contributed by atoms with E-state index in [-0.39, 0.29) is 21.7 Å². The molecule has 0 radical (unpaired) electrons. The predicted molar refractivity (Wildman–Crippen MR) is 240 cm³/mol. The lowest BCUT2D eigenvalue weighted by atomic mass is 9.46. The van der Waals surface area contributed by atoms with Gasteiger partial charge >= 0.3 is 0 Å². The van der Waals surface area contributed by atoms with Crippen molar-refractivity contribution >= 4 is 24.3 Å². The van der Waals surface area contributed by atoms with Gasteiger partial charge in [-0.05, 0) is 142 Å². The van der Waals surface area contributed by atoms with Gasteiger partial charge in [-0.3, -0.25) is 0 Å². The summed E-state index contributed by atoms with van der Waals surface area (Å²) in [5.41, 5.74) is 24.0. The Morgan fingerprint density at radius 3 is 0.696 bits per heavy atom. The number of fused-ring (bicyclic) bond motifs is 18. The van der Waals surface area contributed by atoms with Crippen molar-refractivity contribution in [2.45, 2.75) is 90.9 Å². The van der Waals surface area contributed by atoms with E-state index in [2.05, 4.69) is 187 Å². The summed E-state index contributed by atoms with van der Waals surface area (Å²) in [5.74, 6) is 0. The molecule has 0 aromatic heterocycles. The van der Waals surface area contributed by atoms with Crippen LogP contribution in [0.2, 0.25) is 0 Å². The third-order valence-corrected chi connectivity index (χ3v) is 14.5. The summed E-state index contributed by atoms with van der Waals surface area (Å²) >= 11 is 0. The second kappa shape index (κ2) is 12.5. The van der Waals surface area contributed by atoms with E-state index < -0.39 is 0 Å². The molecule has 0 fully saturated rings. The molecule has 0 spiro atoms. The van der Waals surface area contributed by atoms with E-state index in [0.29, 0.717) is 0 Å². The van der Waals surface area contributed by atoms with E-state index in [9.17, 15) is 0 Å². The minimum absolute atomic E-state index is 0.341. The molecule has 0 saturated carbocycles. The zero-order valence-electron chi connectivity index (χ0n) is 34.9. The Bertz CT molecular complexity index is 2330. The average Bonchev–Trinajstić information content (AvgIpc) is 3.23. The quantitative estimate of drug-likeness (QED) is 0.149. The van der Waals surface area contributed by atoms with E-state index in [1.165, 1.54) is 100 Å². The van der Waals surface area contributed by atoms with Crippen molar-refractivity contribution in [2.75, 3.05) is 0 Å². The lowest BCUT2D eigenvalue weighted by Gasteiger charge is -2.56. The van der Waals surface area contributed by atoms with Crippen molar-refractivity contribution < 1.29 is 0 Å². The van der Waals surface area contributed by atoms with Gasteiger partial charge in [-0.25, -0.2) is 0 Å². The van der Waals surface area contributed by atoms with Crippen LogP contribution in [0.25, 0.3) is 24.3 Å². The number of rotatable bonds is 0. The summed E-state index contributed by atoms with van der Waals surface area (Å²) in [4.78, 5) is 0. The Balaban J connectivity index is 0.000000994.